The molecule has 2 N–H and O–H groups in total. The van der Waals surface area contributed by atoms with Crippen LogP contribution in [0.5, 0.6) is 0 Å². The molecular weight excluding hydrogens is 332 g/mol. The van der Waals surface area contributed by atoms with Crippen LogP contribution in [0, 0.1) is 20.8 Å². The van der Waals surface area contributed by atoms with Crippen molar-refractivity contribution >= 4 is 33.3 Å². The Labute approximate surface area is 151 Å². The molecule has 1 atom stereocenters. The minimum atomic E-state index is -0.387. The topological polar surface area (TPSA) is 66.9 Å². The molecule has 1 amide bonds. The van der Waals surface area contributed by atoms with Gasteiger partial charge in [0.15, 0.2) is 0 Å². The number of carbonyl (C=O) groups is 1. The lowest BCUT2D eigenvalue weighted by Gasteiger charge is -2.16. The van der Waals surface area contributed by atoms with Gasteiger partial charge in [-0.3, -0.25) is 4.79 Å². The van der Waals surface area contributed by atoms with Crippen LogP contribution in [0.4, 0.5) is 5.82 Å². The average Bonchev–Trinajstić information content (AvgIpc) is 2.89. The van der Waals surface area contributed by atoms with E-state index in [0.29, 0.717) is 12.4 Å². The molecule has 0 fully saturated rings. The van der Waals surface area contributed by atoms with Gasteiger partial charge >= 0.3 is 0 Å². The van der Waals surface area contributed by atoms with E-state index in [0.717, 1.165) is 21.3 Å². The maximum atomic E-state index is 12.4. The van der Waals surface area contributed by atoms with Crippen molar-refractivity contribution in [2.24, 2.45) is 0 Å². The summed E-state index contributed by atoms with van der Waals surface area (Å²) in [5, 5.41) is 7.22. The lowest BCUT2D eigenvalue weighted by atomic mass is 10.1. The molecule has 0 spiro atoms. The van der Waals surface area contributed by atoms with Gasteiger partial charge in [0.1, 0.15) is 23.0 Å². The molecule has 1 aromatic carbocycles. The summed E-state index contributed by atoms with van der Waals surface area (Å²) in [7, 11) is 0. The van der Waals surface area contributed by atoms with Crippen LogP contribution < -0.4 is 10.6 Å². The van der Waals surface area contributed by atoms with Gasteiger partial charge in [-0.15, -0.1) is 11.3 Å². The second-order valence-electron chi connectivity index (χ2n) is 6.20. The van der Waals surface area contributed by atoms with E-state index in [2.05, 4.69) is 34.4 Å². The molecule has 0 aliphatic heterocycles. The second-order valence-corrected chi connectivity index (χ2v) is 7.40. The molecule has 0 radical (unpaired) electrons. The number of rotatable bonds is 5. The fourth-order valence-corrected chi connectivity index (χ4v) is 3.70. The summed E-state index contributed by atoms with van der Waals surface area (Å²) in [5.74, 6) is 0.657. The van der Waals surface area contributed by atoms with Crippen molar-refractivity contribution in [1.82, 2.24) is 15.3 Å². The highest BCUT2D eigenvalue weighted by molar-refractivity contribution is 7.18. The largest absolute Gasteiger partial charge is 0.358 e. The summed E-state index contributed by atoms with van der Waals surface area (Å²) in [6.45, 7) is 8.54. The van der Waals surface area contributed by atoms with Crippen LogP contribution in [0.3, 0.4) is 0 Å². The van der Waals surface area contributed by atoms with E-state index in [1.165, 1.54) is 16.8 Å². The van der Waals surface area contributed by atoms with Crippen LogP contribution >= 0.6 is 11.3 Å². The number of aryl methyl sites for hydroxylation is 3. The van der Waals surface area contributed by atoms with Gasteiger partial charge < -0.3 is 10.6 Å². The lowest BCUT2D eigenvalue weighted by molar-refractivity contribution is -0.121. The Bertz CT molecular complexity index is 919. The van der Waals surface area contributed by atoms with Gasteiger partial charge in [-0.2, -0.15) is 0 Å². The maximum absolute atomic E-state index is 12.4. The molecule has 3 rings (SSSR count). The number of nitrogens with zero attached hydrogens (tertiary/aromatic N) is 2. The number of hydrogen-bond donors (Lipinski definition) is 2. The maximum Gasteiger partial charge on any atom is 0.242 e. The van der Waals surface area contributed by atoms with E-state index in [9.17, 15) is 4.79 Å². The Morgan fingerprint density at radius 3 is 2.72 bits per heavy atom. The molecule has 0 aliphatic rings. The quantitative estimate of drug-likeness (QED) is 0.732. The number of fused-ring (bicyclic) bond motifs is 1. The number of carbonyl (C=O) groups excluding carboxylic acids is 1. The predicted octanol–water partition coefficient (Wildman–Crippen LogP) is 3.73. The standard InChI is InChI=1S/C19H22N4OS/c1-11-7-5-6-8-15(11)9-20-18(24)13(3)23-17-16-12(2)14(4)25-19(16)22-10-21-17/h5-8,10,13H,9H2,1-4H3,(H,20,24)(H,21,22,23)/t13-/m1/s1. The Morgan fingerprint density at radius 1 is 1.20 bits per heavy atom. The number of anilines is 1. The highest BCUT2D eigenvalue weighted by Crippen LogP contribution is 2.32. The third-order valence-corrected chi connectivity index (χ3v) is 5.54. The van der Waals surface area contributed by atoms with Crippen molar-refractivity contribution in [3.05, 3.63) is 52.2 Å². The normalized spacial score (nSPS) is 12.2. The summed E-state index contributed by atoms with van der Waals surface area (Å²) in [5.41, 5.74) is 3.46. The Morgan fingerprint density at radius 2 is 1.96 bits per heavy atom. The van der Waals surface area contributed by atoms with Crippen LogP contribution in [0.15, 0.2) is 30.6 Å². The van der Waals surface area contributed by atoms with Crippen molar-refractivity contribution in [2.45, 2.75) is 40.3 Å². The molecule has 2 heterocycles. The highest BCUT2D eigenvalue weighted by atomic mass is 32.1. The molecule has 5 nitrogen and oxygen atoms in total. The first kappa shape index (κ1) is 17.4. The SMILES string of the molecule is Cc1ccccc1CNC(=O)[C@@H](C)Nc1ncnc2sc(C)c(C)c12. The van der Waals surface area contributed by atoms with E-state index in [1.54, 1.807) is 11.3 Å². The van der Waals surface area contributed by atoms with Crippen molar-refractivity contribution in [3.8, 4) is 0 Å². The van der Waals surface area contributed by atoms with Crippen molar-refractivity contribution in [3.63, 3.8) is 0 Å². The second kappa shape index (κ2) is 7.19. The van der Waals surface area contributed by atoms with Gasteiger partial charge in [0.25, 0.3) is 0 Å². The van der Waals surface area contributed by atoms with Gasteiger partial charge in [0, 0.05) is 11.4 Å². The summed E-state index contributed by atoms with van der Waals surface area (Å²) in [6, 6.07) is 7.66. The zero-order valence-electron chi connectivity index (χ0n) is 14.9. The predicted molar refractivity (Wildman–Crippen MR) is 103 cm³/mol. The highest BCUT2D eigenvalue weighted by Gasteiger charge is 2.17. The smallest absolute Gasteiger partial charge is 0.242 e. The number of amides is 1. The Kier molecular flexibility index (Phi) is 4.99. The fraction of sp³-hybridized carbons (Fsp3) is 0.316. The van der Waals surface area contributed by atoms with E-state index in [4.69, 9.17) is 0 Å². The van der Waals surface area contributed by atoms with Gasteiger partial charge in [0.05, 0.1) is 5.39 Å². The van der Waals surface area contributed by atoms with Crippen molar-refractivity contribution in [1.29, 1.82) is 0 Å². The number of thiophene rings is 1. The van der Waals surface area contributed by atoms with Crippen LogP contribution in [-0.4, -0.2) is 21.9 Å². The molecule has 0 saturated heterocycles. The van der Waals surface area contributed by atoms with Crippen LogP contribution in [0.2, 0.25) is 0 Å². The zero-order chi connectivity index (χ0) is 18.0. The van der Waals surface area contributed by atoms with E-state index in [1.807, 2.05) is 38.1 Å². The molecule has 2 aromatic heterocycles. The fourth-order valence-electron chi connectivity index (χ4n) is 2.71. The third kappa shape index (κ3) is 3.64. The number of hydrogen-bond acceptors (Lipinski definition) is 5. The molecule has 0 unspecified atom stereocenters. The minimum Gasteiger partial charge on any atom is -0.358 e. The molecule has 3 aromatic rings. The monoisotopic (exact) mass is 354 g/mol. The third-order valence-electron chi connectivity index (χ3n) is 4.43. The number of benzene rings is 1. The number of nitrogens with one attached hydrogen (secondary N) is 2. The first-order valence-electron chi connectivity index (χ1n) is 8.27. The van der Waals surface area contributed by atoms with Gasteiger partial charge in [-0.05, 0) is 44.4 Å². The molecule has 0 bridgehead atoms. The van der Waals surface area contributed by atoms with Crippen LogP contribution in [-0.2, 0) is 11.3 Å². The molecule has 0 aliphatic carbocycles. The van der Waals surface area contributed by atoms with E-state index >= 15 is 0 Å². The summed E-state index contributed by atoms with van der Waals surface area (Å²) >= 11 is 1.65. The first-order chi connectivity index (χ1) is 12.0. The summed E-state index contributed by atoms with van der Waals surface area (Å²) in [6.07, 6.45) is 1.54. The van der Waals surface area contributed by atoms with Gasteiger partial charge in [-0.1, -0.05) is 24.3 Å². The summed E-state index contributed by atoms with van der Waals surface area (Å²) < 4.78 is 0. The molecule has 25 heavy (non-hydrogen) atoms. The summed E-state index contributed by atoms with van der Waals surface area (Å²) in [4.78, 5) is 23.3. The minimum absolute atomic E-state index is 0.0559. The van der Waals surface area contributed by atoms with E-state index in [-0.39, 0.29) is 11.9 Å². The molecule has 6 heteroatoms. The average molecular weight is 354 g/mol. The molecular formula is C19H22N4OS. The zero-order valence-corrected chi connectivity index (χ0v) is 15.7. The van der Waals surface area contributed by atoms with E-state index < -0.39 is 0 Å². The Hall–Kier alpha value is -2.47. The first-order valence-corrected chi connectivity index (χ1v) is 9.08. The van der Waals surface area contributed by atoms with Crippen LogP contribution in [0.1, 0.15) is 28.5 Å². The van der Waals surface area contributed by atoms with Crippen LogP contribution in [0.25, 0.3) is 10.2 Å². The van der Waals surface area contributed by atoms with Crippen molar-refractivity contribution in [2.75, 3.05) is 5.32 Å². The Balaban J connectivity index is 1.71. The van der Waals surface area contributed by atoms with Gasteiger partial charge in [-0.25, -0.2) is 9.97 Å². The molecule has 130 valence electrons. The number of aromatic nitrogens is 2. The van der Waals surface area contributed by atoms with Gasteiger partial charge in [0.2, 0.25) is 5.91 Å². The van der Waals surface area contributed by atoms with Crippen molar-refractivity contribution < 1.29 is 4.79 Å². The molecule has 0 saturated carbocycles. The lowest BCUT2D eigenvalue weighted by Crippen LogP contribution is -2.37.